The fourth-order valence-electron chi connectivity index (χ4n) is 2.03. The number of carbonyl (C=O) groups excluding carboxylic acids is 1. The molecule has 0 aliphatic carbocycles. The highest BCUT2D eigenvalue weighted by atomic mass is 16.5. The molecule has 0 bridgehead atoms. The quantitative estimate of drug-likeness (QED) is 0.649. The van der Waals surface area contributed by atoms with Gasteiger partial charge in [0.05, 0.1) is 25.9 Å². The van der Waals surface area contributed by atoms with Crippen LogP contribution in [0.1, 0.15) is 26.7 Å². The molecule has 0 spiro atoms. The predicted octanol–water partition coefficient (Wildman–Crippen LogP) is 0.640. The summed E-state index contributed by atoms with van der Waals surface area (Å²) in [4.78, 5) is 13.7. The zero-order valence-electron chi connectivity index (χ0n) is 11.6. The lowest BCUT2D eigenvalue weighted by Gasteiger charge is -2.32. The van der Waals surface area contributed by atoms with E-state index >= 15 is 0 Å². The second kappa shape index (κ2) is 9.30. The van der Waals surface area contributed by atoms with Crippen LogP contribution in [0, 0.1) is 0 Å². The SMILES string of the molecule is CCNCC(=O)N1CCC(OCCOCC)CC1. The van der Waals surface area contributed by atoms with Crippen LogP contribution in [-0.4, -0.2) is 62.9 Å². The third-order valence-corrected chi connectivity index (χ3v) is 3.11. The van der Waals surface area contributed by atoms with Crippen LogP contribution in [0.25, 0.3) is 0 Å². The van der Waals surface area contributed by atoms with Gasteiger partial charge in [-0.25, -0.2) is 0 Å². The molecular weight excluding hydrogens is 232 g/mol. The van der Waals surface area contributed by atoms with Crippen molar-refractivity contribution in [2.75, 3.05) is 46.0 Å². The van der Waals surface area contributed by atoms with E-state index in [2.05, 4.69) is 5.32 Å². The van der Waals surface area contributed by atoms with Crippen molar-refractivity contribution in [2.45, 2.75) is 32.8 Å². The van der Waals surface area contributed by atoms with Gasteiger partial charge in [0, 0.05) is 19.7 Å². The average Bonchev–Trinajstić information content (AvgIpc) is 2.41. The number of amides is 1. The summed E-state index contributed by atoms with van der Waals surface area (Å²) in [6, 6.07) is 0. The summed E-state index contributed by atoms with van der Waals surface area (Å²) in [6.07, 6.45) is 2.15. The minimum absolute atomic E-state index is 0.199. The topological polar surface area (TPSA) is 50.8 Å². The molecule has 18 heavy (non-hydrogen) atoms. The molecule has 1 aliphatic rings. The number of likely N-dealkylation sites (tertiary alicyclic amines) is 1. The monoisotopic (exact) mass is 258 g/mol. The Morgan fingerprint density at radius 3 is 2.61 bits per heavy atom. The number of hydrogen-bond donors (Lipinski definition) is 1. The largest absolute Gasteiger partial charge is 0.379 e. The fraction of sp³-hybridized carbons (Fsp3) is 0.923. The molecule has 5 heteroatoms. The molecule has 1 amide bonds. The van der Waals surface area contributed by atoms with E-state index in [0.717, 1.165) is 39.1 Å². The van der Waals surface area contributed by atoms with Crippen LogP contribution in [-0.2, 0) is 14.3 Å². The second-order valence-corrected chi connectivity index (χ2v) is 4.43. The van der Waals surface area contributed by atoms with Crippen LogP contribution in [0.5, 0.6) is 0 Å². The molecule has 1 saturated heterocycles. The van der Waals surface area contributed by atoms with E-state index in [1.807, 2.05) is 18.7 Å². The van der Waals surface area contributed by atoms with Gasteiger partial charge in [-0.1, -0.05) is 6.92 Å². The summed E-state index contributed by atoms with van der Waals surface area (Å²) in [6.45, 7) is 8.95. The first kappa shape index (κ1) is 15.4. The van der Waals surface area contributed by atoms with Crippen molar-refractivity contribution in [3.63, 3.8) is 0 Å². The van der Waals surface area contributed by atoms with Gasteiger partial charge >= 0.3 is 0 Å². The van der Waals surface area contributed by atoms with Gasteiger partial charge in [-0.2, -0.15) is 0 Å². The van der Waals surface area contributed by atoms with Crippen LogP contribution in [0.3, 0.4) is 0 Å². The lowest BCUT2D eigenvalue weighted by atomic mass is 10.1. The van der Waals surface area contributed by atoms with E-state index in [4.69, 9.17) is 9.47 Å². The Kier molecular flexibility index (Phi) is 7.96. The Morgan fingerprint density at radius 2 is 2.00 bits per heavy atom. The second-order valence-electron chi connectivity index (χ2n) is 4.43. The lowest BCUT2D eigenvalue weighted by molar-refractivity contribution is -0.133. The molecule has 0 saturated carbocycles. The van der Waals surface area contributed by atoms with E-state index in [0.29, 0.717) is 19.8 Å². The Balaban J connectivity index is 2.10. The molecule has 1 heterocycles. The number of hydrogen-bond acceptors (Lipinski definition) is 4. The first-order valence-electron chi connectivity index (χ1n) is 6.95. The first-order valence-corrected chi connectivity index (χ1v) is 6.95. The van der Waals surface area contributed by atoms with Crippen LogP contribution < -0.4 is 5.32 Å². The van der Waals surface area contributed by atoms with E-state index < -0.39 is 0 Å². The standard InChI is InChI=1S/C13H26N2O3/c1-3-14-11-13(16)15-7-5-12(6-8-15)18-10-9-17-4-2/h12,14H,3-11H2,1-2H3. The molecule has 0 radical (unpaired) electrons. The van der Waals surface area contributed by atoms with Crippen molar-refractivity contribution in [2.24, 2.45) is 0 Å². The molecule has 1 aliphatic heterocycles. The van der Waals surface area contributed by atoms with Crippen molar-refractivity contribution >= 4 is 5.91 Å². The summed E-state index contributed by atoms with van der Waals surface area (Å²) < 4.78 is 10.9. The zero-order chi connectivity index (χ0) is 13.2. The lowest BCUT2D eigenvalue weighted by Crippen LogP contribution is -2.44. The summed E-state index contributed by atoms with van der Waals surface area (Å²) in [5.41, 5.74) is 0. The highest BCUT2D eigenvalue weighted by Gasteiger charge is 2.22. The van der Waals surface area contributed by atoms with Crippen LogP contribution >= 0.6 is 0 Å². The van der Waals surface area contributed by atoms with Crippen LogP contribution in [0.2, 0.25) is 0 Å². The summed E-state index contributed by atoms with van der Waals surface area (Å²) in [7, 11) is 0. The Bertz CT molecular complexity index is 228. The van der Waals surface area contributed by atoms with Crippen molar-refractivity contribution < 1.29 is 14.3 Å². The summed E-state index contributed by atoms with van der Waals surface area (Å²) >= 11 is 0. The zero-order valence-corrected chi connectivity index (χ0v) is 11.6. The minimum atomic E-state index is 0.199. The summed E-state index contributed by atoms with van der Waals surface area (Å²) in [5.74, 6) is 0.199. The maximum atomic E-state index is 11.8. The number of carbonyl (C=O) groups is 1. The average molecular weight is 258 g/mol. The molecular formula is C13H26N2O3. The molecule has 0 aromatic rings. The van der Waals surface area contributed by atoms with E-state index in [-0.39, 0.29) is 12.0 Å². The van der Waals surface area contributed by atoms with Crippen LogP contribution in [0.4, 0.5) is 0 Å². The maximum absolute atomic E-state index is 11.8. The van der Waals surface area contributed by atoms with E-state index in [1.54, 1.807) is 0 Å². The predicted molar refractivity (Wildman–Crippen MR) is 70.6 cm³/mol. The van der Waals surface area contributed by atoms with Gasteiger partial charge in [0.1, 0.15) is 0 Å². The molecule has 0 unspecified atom stereocenters. The smallest absolute Gasteiger partial charge is 0.236 e. The van der Waals surface area contributed by atoms with Gasteiger partial charge in [0.15, 0.2) is 0 Å². The first-order chi connectivity index (χ1) is 8.77. The normalized spacial score (nSPS) is 17.1. The summed E-state index contributed by atoms with van der Waals surface area (Å²) in [5, 5.41) is 3.07. The van der Waals surface area contributed by atoms with Crippen molar-refractivity contribution in [1.29, 1.82) is 0 Å². The van der Waals surface area contributed by atoms with Gasteiger partial charge in [0.2, 0.25) is 5.91 Å². The molecule has 5 nitrogen and oxygen atoms in total. The van der Waals surface area contributed by atoms with Crippen molar-refractivity contribution in [3.8, 4) is 0 Å². The van der Waals surface area contributed by atoms with Crippen molar-refractivity contribution in [3.05, 3.63) is 0 Å². The molecule has 0 aromatic carbocycles. The number of likely N-dealkylation sites (N-methyl/N-ethyl adjacent to an activating group) is 1. The van der Waals surface area contributed by atoms with Gasteiger partial charge in [0.25, 0.3) is 0 Å². The Morgan fingerprint density at radius 1 is 1.28 bits per heavy atom. The van der Waals surface area contributed by atoms with Crippen LogP contribution in [0.15, 0.2) is 0 Å². The maximum Gasteiger partial charge on any atom is 0.236 e. The highest BCUT2D eigenvalue weighted by molar-refractivity contribution is 5.78. The van der Waals surface area contributed by atoms with Gasteiger partial charge in [-0.15, -0.1) is 0 Å². The van der Waals surface area contributed by atoms with Gasteiger partial charge in [-0.05, 0) is 26.3 Å². The molecule has 0 atom stereocenters. The Labute approximate surface area is 110 Å². The number of ether oxygens (including phenoxy) is 2. The van der Waals surface area contributed by atoms with Crippen molar-refractivity contribution in [1.82, 2.24) is 10.2 Å². The third-order valence-electron chi connectivity index (χ3n) is 3.11. The van der Waals surface area contributed by atoms with E-state index in [1.165, 1.54) is 0 Å². The van der Waals surface area contributed by atoms with Gasteiger partial charge < -0.3 is 19.7 Å². The molecule has 106 valence electrons. The Hall–Kier alpha value is -0.650. The minimum Gasteiger partial charge on any atom is -0.379 e. The highest BCUT2D eigenvalue weighted by Crippen LogP contribution is 2.13. The number of nitrogens with one attached hydrogen (secondary N) is 1. The number of nitrogens with zero attached hydrogens (tertiary/aromatic N) is 1. The fourth-order valence-corrected chi connectivity index (χ4v) is 2.03. The molecule has 1 rings (SSSR count). The van der Waals surface area contributed by atoms with E-state index in [9.17, 15) is 4.79 Å². The molecule has 0 aromatic heterocycles. The number of rotatable bonds is 8. The number of piperidine rings is 1. The third kappa shape index (κ3) is 5.80. The van der Waals surface area contributed by atoms with Gasteiger partial charge in [-0.3, -0.25) is 4.79 Å². The molecule has 1 fully saturated rings. The molecule has 1 N–H and O–H groups in total.